The van der Waals surface area contributed by atoms with Crippen molar-refractivity contribution in [3.8, 4) is 0 Å². The van der Waals surface area contributed by atoms with Crippen LogP contribution in [0.4, 0.5) is 0 Å². The van der Waals surface area contributed by atoms with Gasteiger partial charge in [-0.25, -0.2) is 0 Å². The molecule has 1 rings (SSSR count). The fourth-order valence-electron chi connectivity index (χ4n) is 3.03. The summed E-state index contributed by atoms with van der Waals surface area (Å²) in [7, 11) is 4.43. The van der Waals surface area contributed by atoms with Crippen LogP contribution in [0, 0.1) is 11.8 Å². The quantitative estimate of drug-likeness (QED) is 0.743. The normalized spacial score (nSPS) is 28.4. The Hall–Kier alpha value is -0.0800. The Morgan fingerprint density at radius 1 is 1.12 bits per heavy atom. The van der Waals surface area contributed by atoms with E-state index in [9.17, 15) is 0 Å². The first-order valence-electron chi connectivity index (χ1n) is 7.43. The van der Waals surface area contributed by atoms with Gasteiger partial charge in [0.15, 0.2) is 0 Å². The van der Waals surface area contributed by atoms with E-state index in [1.54, 1.807) is 0 Å². The van der Waals surface area contributed by atoms with Crippen molar-refractivity contribution in [2.75, 3.05) is 20.6 Å². The van der Waals surface area contributed by atoms with Gasteiger partial charge in [0.2, 0.25) is 0 Å². The number of rotatable bonds is 5. The lowest BCUT2D eigenvalue weighted by Crippen LogP contribution is -2.43. The van der Waals surface area contributed by atoms with Crippen molar-refractivity contribution in [3.05, 3.63) is 0 Å². The molecular weight excluding hydrogens is 208 g/mol. The lowest BCUT2D eigenvalue weighted by molar-refractivity contribution is 0.158. The van der Waals surface area contributed by atoms with Crippen molar-refractivity contribution < 1.29 is 0 Å². The van der Waals surface area contributed by atoms with Crippen LogP contribution in [0.25, 0.3) is 0 Å². The predicted molar refractivity (Wildman–Crippen MR) is 76.4 cm³/mol. The molecule has 0 aliphatic heterocycles. The Bertz CT molecular complexity index is 203. The second-order valence-electron chi connectivity index (χ2n) is 6.22. The molecule has 0 aromatic rings. The lowest BCUT2D eigenvalue weighted by Gasteiger charge is -2.34. The summed E-state index contributed by atoms with van der Waals surface area (Å²) in [6, 6.07) is 1.43. The zero-order chi connectivity index (χ0) is 12.8. The van der Waals surface area contributed by atoms with E-state index in [4.69, 9.17) is 0 Å². The summed E-state index contributed by atoms with van der Waals surface area (Å²) < 4.78 is 0. The molecule has 0 bridgehead atoms. The molecule has 1 aliphatic carbocycles. The van der Waals surface area contributed by atoms with E-state index in [0.29, 0.717) is 6.04 Å². The summed E-state index contributed by atoms with van der Waals surface area (Å²) in [5.74, 6) is 1.59. The molecule has 0 saturated heterocycles. The topological polar surface area (TPSA) is 15.3 Å². The van der Waals surface area contributed by atoms with Crippen LogP contribution in [-0.2, 0) is 0 Å². The number of nitrogens with one attached hydrogen (secondary N) is 1. The first-order valence-corrected chi connectivity index (χ1v) is 7.43. The first-order chi connectivity index (χ1) is 8.06. The van der Waals surface area contributed by atoms with E-state index in [0.717, 1.165) is 17.9 Å². The van der Waals surface area contributed by atoms with Gasteiger partial charge in [-0.2, -0.15) is 0 Å². The highest BCUT2D eigenvalue weighted by atomic mass is 15.1. The van der Waals surface area contributed by atoms with Gasteiger partial charge in [-0.15, -0.1) is 0 Å². The Morgan fingerprint density at radius 2 is 1.76 bits per heavy atom. The standard InChI is InChI=1S/C15H32N2/c1-12(2)13(3)17(5)11-14-9-7-6-8-10-15(14)16-4/h12-16H,6-11H2,1-5H3. The molecule has 0 amide bonds. The molecule has 3 atom stereocenters. The van der Waals surface area contributed by atoms with Gasteiger partial charge < -0.3 is 10.2 Å². The molecule has 1 fully saturated rings. The van der Waals surface area contributed by atoms with Gasteiger partial charge >= 0.3 is 0 Å². The summed E-state index contributed by atoms with van der Waals surface area (Å²) in [6.07, 6.45) is 7.03. The summed E-state index contributed by atoms with van der Waals surface area (Å²) in [5.41, 5.74) is 0. The van der Waals surface area contributed by atoms with Crippen LogP contribution in [0.2, 0.25) is 0 Å². The number of nitrogens with zero attached hydrogens (tertiary/aromatic N) is 1. The van der Waals surface area contributed by atoms with Gasteiger partial charge in [-0.1, -0.05) is 33.1 Å². The highest BCUT2D eigenvalue weighted by Gasteiger charge is 2.25. The maximum Gasteiger partial charge on any atom is 0.0104 e. The molecule has 0 heterocycles. The SMILES string of the molecule is CNC1CCCCCC1CN(C)C(C)C(C)C. The molecular formula is C15H32N2. The fourth-order valence-corrected chi connectivity index (χ4v) is 3.03. The van der Waals surface area contributed by atoms with E-state index in [2.05, 4.69) is 45.1 Å². The number of hydrogen-bond acceptors (Lipinski definition) is 2. The van der Waals surface area contributed by atoms with Crippen LogP contribution < -0.4 is 5.32 Å². The van der Waals surface area contributed by atoms with E-state index in [1.807, 2.05) is 0 Å². The molecule has 102 valence electrons. The largest absolute Gasteiger partial charge is 0.317 e. The molecule has 2 heteroatoms. The van der Waals surface area contributed by atoms with Crippen molar-refractivity contribution in [3.63, 3.8) is 0 Å². The second-order valence-corrected chi connectivity index (χ2v) is 6.22. The summed E-state index contributed by atoms with van der Waals surface area (Å²) in [5, 5.41) is 3.54. The predicted octanol–water partition coefficient (Wildman–Crippen LogP) is 3.13. The monoisotopic (exact) mass is 240 g/mol. The highest BCUT2D eigenvalue weighted by molar-refractivity contribution is 4.82. The molecule has 0 aromatic carbocycles. The third kappa shape index (κ3) is 4.59. The van der Waals surface area contributed by atoms with Crippen LogP contribution in [0.5, 0.6) is 0 Å². The summed E-state index contributed by atoms with van der Waals surface area (Å²) >= 11 is 0. The zero-order valence-corrected chi connectivity index (χ0v) is 12.5. The van der Waals surface area contributed by atoms with Gasteiger partial charge in [0, 0.05) is 18.6 Å². The van der Waals surface area contributed by atoms with Gasteiger partial charge in [0.25, 0.3) is 0 Å². The Balaban J connectivity index is 2.51. The van der Waals surface area contributed by atoms with Crippen molar-refractivity contribution in [1.82, 2.24) is 10.2 Å². The van der Waals surface area contributed by atoms with Crippen molar-refractivity contribution >= 4 is 0 Å². The minimum atomic E-state index is 0.691. The molecule has 17 heavy (non-hydrogen) atoms. The van der Waals surface area contributed by atoms with Gasteiger partial charge in [-0.3, -0.25) is 0 Å². The zero-order valence-electron chi connectivity index (χ0n) is 12.5. The lowest BCUT2D eigenvalue weighted by atomic mass is 9.93. The van der Waals surface area contributed by atoms with Gasteiger partial charge in [-0.05, 0) is 45.7 Å². The maximum absolute atomic E-state index is 3.54. The molecule has 2 nitrogen and oxygen atoms in total. The van der Waals surface area contributed by atoms with Crippen LogP contribution in [0.3, 0.4) is 0 Å². The van der Waals surface area contributed by atoms with E-state index >= 15 is 0 Å². The smallest absolute Gasteiger partial charge is 0.0104 e. The first kappa shape index (κ1) is 15.0. The molecule has 0 aromatic heterocycles. The van der Waals surface area contributed by atoms with Crippen molar-refractivity contribution in [2.45, 2.75) is 65.0 Å². The van der Waals surface area contributed by atoms with Crippen molar-refractivity contribution in [1.29, 1.82) is 0 Å². The van der Waals surface area contributed by atoms with Gasteiger partial charge in [0.1, 0.15) is 0 Å². The summed E-state index contributed by atoms with van der Waals surface area (Å²) in [4.78, 5) is 2.56. The molecule has 1 aliphatic rings. The average molecular weight is 240 g/mol. The van der Waals surface area contributed by atoms with Crippen molar-refractivity contribution in [2.24, 2.45) is 11.8 Å². The summed E-state index contributed by atoms with van der Waals surface area (Å²) in [6.45, 7) is 8.26. The molecule has 1 saturated carbocycles. The molecule has 0 spiro atoms. The third-order valence-electron chi connectivity index (χ3n) is 4.71. The Morgan fingerprint density at radius 3 is 2.35 bits per heavy atom. The van der Waals surface area contributed by atoms with E-state index in [1.165, 1.54) is 38.6 Å². The Kier molecular flexibility index (Phi) is 6.50. The van der Waals surface area contributed by atoms with Crippen LogP contribution >= 0.6 is 0 Å². The third-order valence-corrected chi connectivity index (χ3v) is 4.71. The van der Waals surface area contributed by atoms with E-state index in [-0.39, 0.29) is 0 Å². The van der Waals surface area contributed by atoms with Crippen LogP contribution in [0.15, 0.2) is 0 Å². The molecule has 1 N–H and O–H groups in total. The second kappa shape index (κ2) is 7.38. The minimum Gasteiger partial charge on any atom is -0.317 e. The Labute approximate surface area is 108 Å². The highest BCUT2D eigenvalue weighted by Crippen LogP contribution is 2.25. The maximum atomic E-state index is 3.54. The number of hydrogen-bond donors (Lipinski definition) is 1. The van der Waals surface area contributed by atoms with E-state index < -0.39 is 0 Å². The van der Waals surface area contributed by atoms with Crippen LogP contribution in [-0.4, -0.2) is 37.6 Å². The van der Waals surface area contributed by atoms with Gasteiger partial charge in [0.05, 0.1) is 0 Å². The molecule has 3 unspecified atom stereocenters. The average Bonchev–Trinajstić information content (AvgIpc) is 2.52. The van der Waals surface area contributed by atoms with Crippen LogP contribution in [0.1, 0.15) is 52.9 Å². The fraction of sp³-hybridized carbons (Fsp3) is 1.00. The molecule has 0 radical (unpaired) electrons. The minimum absolute atomic E-state index is 0.691.